The van der Waals surface area contributed by atoms with Gasteiger partial charge in [0.2, 0.25) is 0 Å². The van der Waals surface area contributed by atoms with Gasteiger partial charge in [0.1, 0.15) is 7.85 Å². The highest BCUT2D eigenvalue weighted by Gasteiger charge is 1.97. The summed E-state index contributed by atoms with van der Waals surface area (Å²) in [5, 5.41) is 7.85. The molecule has 2 rings (SSSR count). The number of hydrogen-bond acceptors (Lipinski definition) is 1. The van der Waals surface area contributed by atoms with Crippen molar-refractivity contribution >= 4 is 24.2 Å². The largest absolute Gasteiger partial charge is 0.278 e. The molecule has 0 amide bonds. The Morgan fingerprint density at radius 2 is 2.00 bits per heavy atom. The molecule has 0 spiro atoms. The number of fused-ring (bicyclic) bond motifs is 1. The summed E-state index contributed by atoms with van der Waals surface area (Å²) in [6.45, 7) is 5.98. The average Bonchev–Trinajstić information content (AvgIpc) is 2.56. The topological polar surface area (TPSA) is 28.7 Å². The van der Waals surface area contributed by atoms with E-state index in [0.717, 1.165) is 21.9 Å². The van der Waals surface area contributed by atoms with Gasteiger partial charge in [-0.25, -0.2) is 0 Å². The van der Waals surface area contributed by atoms with Crippen LogP contribution in [0.2, 0.25) is 0 Å². The van der Waals surface area contributed by atoms with E-state index < -0.39 is 0 Å². The third-order valence-electron chi connectivity index (χ3n) is 1.83. The van der Waals surface area contributed by atoms with Crippen LogP contribution in [0.5, 0.6) is 0 Å². The molecule has 2 radical (unpaired) electrons. The number of rotatable bonds is 0. The van der Waals surface area contributed by atoms with E-state index in [9.17, 15) is 0 Å². The van der Waals surface area contributed by atoms with Gasteiger partial charge in [-0.05, 0) is 13.0 Å². The van der Waals surface area contributed by atoms with Crippen LogP contribution in [0.25, 0.3) is 10.9 Å². The predicted molar refractivity (Wildman–Crippen MR) is 57.6 cm³/mol. The average molecular weight is 172 g/mol. The van der Waals surface area contributed by atoms with Crippen LogP contribution in [0.4, 0.5) is 0 Å². The van der Waals surface area contributed by atoms with Gasteiger partial charge in [-0.2, -0.15) is 5.10 Å². The minimum atomic E-state index is 0.818. The fraction of sp³-hybridized carbons (Fsp3) is 0.300. The minimum Gasteiger partial charge on any atom is -0.278 e. The second kappa shape index (κ2) is 4.12. The van der Waals surface area contributed by atoms with Crippen molar-refractivity contribution in [1.29, 1.82) is 0 Å². The number of aromatic nitrogens is 2. The van der Waals surface area contributed by atoms with E-state index in [-0.39, 0.29) is 0 Å². The monoisotopic (exact) mass is 172 g/mol. The molecule has 0 fully saturated rings. The fourth-order valence-corrected chi connectivity index (χ4v) is 1.12. The number of benzene rings is 1. The number of aromatic amines is 1. The quantitative estimate of drug-likeness (QED) is 0.602. The van der Waals surface area contributed by atoms with Crippen molar-refractivity contribution in [3.8, 4) is 0 Å². The van der Waals surface area contributed by atoms with Crippen molar-refractivity contribution in [2.75, 3.05) is 0 Å². The molecule has 1 N–H and O–H groups in total. The molecule has 0 saturated heterocycles. The zero-order chi connectivity index (χ0) is 9.84. The number of nitrogens with zero attached hydrogens (tertiary/aromatic N) is 1. The highest BCUT2D eigenvalue weighted by molar-refractivity contribution is 6.34. The molecule has 1 aromatic heterocycles. The Labute approximate surface area is 79.8 Å². The summed E-state index contributed by atoms with van der Waals surface area (Å²) in [6, 6.07) is 3.92. The molecule has 2 aromatic rings. The first-order chi connectivity index (χ1) is 6.27. The lowest BCUT2D eigenvalue weighted by atomic mass is 9.90. The van der Waals surface area contributed by atoms with Crippen molar-refractivity contribution in [3.05, 3.63) is 23.9 Å². The maximum absolute atomic E-state index is 5.70. The number of H-pyrrole nitrogens is 1. The van der Waals surface area contributed by atoms with Crippen molar-refractivity contribution in [2.45, 2.75) is 20.8 Å². The lowest BCUT2D eigenvalue weighted by Gasteiger charge is -1.97. The van der Waals surface area contributed by atoms with E-state index in [1.165, 1.54) is 0 Å². The van der Waals surface area contributed by atoms with Gasteiger partial charge in [-0.1, -0.05) is 30.9 Å². The molecule has 13 heavy (non-hydrogen) atoms. The first-order valence-electron chi connectivity index (χ1n) is 4.46. The highest BCUT2D eigenvalue weighted by atomic mass is 15.1. The molecule has 0 bridgehead atoms. The molecule has 2 nitrogen and oxygen atoms in total. The highest BCUT2D eigenvalue weighted by Crippen LogP contribution is 2.09. The Morgan fingerprint density at radius 1 is 1.31 bits per heavy atom. The van der Waals surface area contributed by atoms with Gasteiger partial charge in [0, 0.05) is 5.39 Å². The summed E-state index contributed by atoms with van der Waals surface area (Å²) in [6.07, 6.45) is 1.77. The zero-order valence-electron chi connectivity index (χ0n) is 8.26. The summed E-state index contributed by atoms with van der Waals surface area (Å²) in [5.41, 5.74) is 2.94. The Balaban J connectivity index is 0.000000396. The molecule has 66 valence electrons. The van der Waals surface area contributed by atoms with Crippen molar-refractivity contribution in [3.63, 3.8) is 0 Å². The maximum atomic E-state index is 5.70. The van der Waals surface area contributed by atoms with Gasteiger partial charge >= 0.3 is 0 Å². The smallest absolute Gasteiger partial charge is 0.114 e. The van der Waals surface area contributed by atoms with Gasteiger partial charge in [0.05, 0.1) is 11.7 Å². The van der Waals surface area contributed by atoms with E-state index in [1.54, 1.807) is 6.20 Å². The maximum Gasteiger partial charge on any atom is 0.114 e. The van der Waals surface area contributed by atoms with E-state index in [4.69, 9.17) is 7.85 Å². The Morgan fingerprint density at radius 3 is 2.69 bits per heavy atom. The molecule has 0 atom stereocenters. The first kappa shape index (κ1) is 9.84. The van der Waals surface area contributed by atoms with Gasteiger partial charge in [0.15, 0.2) is 0 Å². The molecular weight excluding hydrogens is 159 g/mol. The van der Waals surface area contributed by atoms with E-state index in [2.05, 4.69) is 10.2 Å². The molecule has 0 aliphatic heterocycles. The van der Waals surface area contributed by atoms with Crippen LogP contribution in [-0.4, -0.2) is 18.0 Å². The molecular formula is C10H13BN2. The number of aryl methyl sites for hydroxylation is 1. The van der Waals surface area contributed by atoms with Crippen LogP contribution in [0.1, 0.15) is 19.4 Å². The number of nitrogens with one attached hydrogen (secondary N) is 1. The molecule has 0 aliphatic carbocycles. The summed E-state index contributed by atoms with van der Waals surface area (Å²) < 4.78 is 0. The SMILES string of the molecule is CC.[B]c1cc2cn[nH]c2cc1C. The Hall–Kier alpha value is -1.25. The van der Waals surface area contributed by atoms with Crippen molar-refractivity contribution in [2.24, 2.45) is 0 Å². The van der Waals surface area contributed by atoms with Crippen LogP contribution in [0.15, 0.2) is 18.3 Å². The van der Waals surface area contributed by atoms with E-state index >= 15 is 0 Å². The molecule has 0 saturated carbocycles. The number of hydrogen-bond donors (Lipinski definition) is 1. The van der Waals surface area contributed by atoms with Crippen LogP contribution in [-0.2, 0) is 0 Å². The standard InChI is InChI=1S/C8H7BN2.C2H6/c1-5-2-8-6(3-7(5)9)4-10-11-8;1-2/h2-4H,1H3,(H,10,11);1-2H3. The third kappa shape index (κ3) is 1.91. The minimum absolute atomic E-state index is 0.818. The van der Waals surface area contributed by atoms with Crippen LogP contribution >= 0.6 is 0 Å². The van der Waals surface area contributed by atoms with E-state index in [0.29, 0.717) is 0 Å². The molecule has 1 heterocycles. The van der Waals surface area contributed by atoms with Crippen LogP contribution in [0, 0.1) is 6.92 Å². The summed E-state index contributed by atoms with van der Waals surface area (Å²) in [5.74, 6) is 0. The predicted octanol–water partition coefficient (Wildman–Crippen LogP) is 1.69. The second-order valence-electron chi connectivity index (χ2n) is 2.67. The van der Waals surface area contributed by atoms with Gasteiger partial charge in [-0.15, -0.1) is 0 Å². The lowest BCUT2D eigenvalue weighted by molar-refractivity contribution is 1.12. The van der Waals surface area contributed by atoms with E-state index in [1.807, 2.05) is 32.9 Å². The van der Waals surface area contributed by atoms with Gasteiger partial charge in [-0.3, -0.25) is 5.10 Å². The van der Waals surface area contributed by atoms with Crippen molar-refractivity contribution < 1.29 is 0 Å². The van der Waals surface area contributed by atoms with Gasteiger partial charge < -0.3 is 0 Å². The normalized spacial score (nSPS) is 9.46. The Bertz CT molecular complexity index is 357. The van der Waals surface area contributed by atoms with Crippen molar-refractivity contribution in [1.82, 2.24) is 10.2 Å². The van der Waals surface area contributed by atoms with Crippen LogP contribution < -0.4 is 5.46 Å². The summed E-state index contributed by atoms with van der Waals surface area (Å²) >= 11 is 0. The third-order valence-corrected chi connectivity index (χ3v) is 1.83. The zero-order valence-corrected chi connectivity index (χ0v) is 8.26. The molecule has 1 aromatic carbocycles. The first-order valence-corrected chi connectivity index (χ1v) is 4.46. The second-order valence-corrected chi connectivity index (χ2v) is 2.67. The molecule has 0 aliphatic rings. The summed E-state index contributed by atoms with van der Waals surface area (Å²) in [4.78, 5) is 0. The lowest BCUT2D eigenvalue weighted by Crippen LogP contribution is -2.05. The molecule has 0 unspecified atom stereocenters. The van der Waals surface area contributed by atoms with Crippen LogP contribution in [0.3, 0.4) is 0 Å². The fourth-order valence-electron chi connectivity index (χ4n) is 1.12. The summed E-state index contributed by atoms with van der Waals surface area (Å²) in [7, 11) is 5.70. The van der Waals surface area contributed by atoms with Gasteiger partial charge in [0.25, 0.3) is 0 Å². The Kier molecular flexibility index (Phi) is 3.12. The molecule has 3 heteroatoms.